The zero-order valence-corrected chi connectivity index (χ0v) is 11.2. The summed E-state index contributed by atoms with van der Waals surface area (Å²) in [5.74, 6) is 0.968. The maximum absolute atomic E-state index is 5.80. The molecule has 0 N–H and O–H groups in total. The van der Waals surface area contributed by atoms with Gasteiger partial charge < -0.3 is 4.74 Å². The van der Waals surface area contributed by atoms with Crippen LogP contribution in [0.3, 0.4) is 0 Å². The van der Waals surface area contributed by atoms with E-state index in [0.29, 0.717) is 6.61 Å². The van der Waals surface area contributed by atoms with Crippen LogP contribution in [0.25, 0.3) is 0 Å². The minimum atomic E-state index is 0.678. The molecule has 0 aliphatic heterocycles. The minimum Gasteiger partial charge on any atom is -0.488 e. The molecule has 0 aliphatic carbocycles. The smallest absolute Gasteiger partial charge is 0.122 e. The quantitative estimate of drug-likeness (QED) is 0.757. The van der Waals surface area contributed by atoms with Crippen LogP contribution in [0.1, 0.15) is 29.2 Å². The third kappa shape index (κ3) is 3.34. The van der Waals surface area contributed by atoms with Gasteiger partial charge in [0, 0.05) is 9.75 Å². The summed E-state index contributed by atoms with van der Waals surface area (Å²) in [4.78, 5) is 2.72. The summed E-state index contributed by atoms with van der Waals surface area (Å²) in [6.07, 6.45) is 2.16. The Morgan fingerprint density at radius 3 is 2.53 bits per heavy atom. The molecule has 1 nitrogen and oxygen atoms in total. The summed E-state index contributed by atoms with van der Waals surface area (Å²) in [5.41, 5.74) is 1.32. The molecular weight excluding hydrogens is 228 g/mol. The van der Waals surface area contributed by atoms with E-state index in [0.717, 1.165) is 18.6 Å². The maximum Gasteiger partial charge on any atom is 0.122 e. The van der Waals surface area contributed by atoms with E-state index in [-0.39, 0.29) is 0 Å². The highest BCUT2D eigenvalue weighted by molar-refractivity contribution is 7.11. The van der Waals surface area contributed by atoms with Gasteiger partial charge in [-0.3, -0.25) is 0 Å². The predicted octanol–water partition coefficient (Wildman–Crippen LogP) is 4.45. The number of benzene rings is 1. The van der Waals surface area contributed by atoms with Crippen molar-refractivity contribution in [3.8, 4) is 5.75 Å². The number of ether oxygens (including phenoxy) is 1. The van der Waals surface area contributed by atoms with E-state index in [1.54, 1.807) is 0 Å². The van der Waals surface area contributed by atoms with Crippen molar-refractivity contribution in [2.45, 2.75) is 33.3 Å². The third-order valence-electron chi connectivity index (χ3n) is 2.75. The fourth-order valence-corrected chi connectivity index (χ4v) is 2.57. The lowest BCUT2D eigenvalue weighted by Crippen LogP contribution is -1.93. The SMILES string of the molecule is CCc1cccc(OCc2ccc(CC)s2)c1. The number of rotatable bonds is 5. The zero-order chi connectivity index (χ0) is 12.1. The van der Waals surface area contributed by atoms with Crippen LogP contribution in [-0.4, -0.2) is 0 Å². The fourth-order valence-electron chi connectivity index (χ4n) is 1.70. The summed E-state index contributed by atoms with van der Waals surface area (Å²) in [6, 6.07) is 12.7. The molecule has 0 atom stereocenters. The highest BCUT2D eigenvalue weighted by Crippen LogP contribution is 2.20. The molecule has 0 bridgehead atoms. The van der Waals surface area contributed by atoms with Gasteiger partial charge in [-0.25, -0.2) is 0 Å². The lowest BCUT2D eigenvalue weighted by Gasteiger charge is -2.05. The Labute approximate surface area is 107 Å². The molecule has 0 radical (unpaired) electrons. The van der Waals surface area contributed by atoms with Gasteiger partial charge in [0.05, 0.1) is 0 Å². The monoisotopic (exact) mass is 246 g/mol. The van der Waals surface area contributed by atoms with Gasteiger partial charge in [0.1, 0.15) is 12.4 Å². The summed E-state index contributed by atoms with van der Waals surface area (Å²) in [5, 5.41) is 0. The average molecular weight is 246 g/mol. The van der Waals surface area contributed by atoms with Gasteiger partial charge in [-0.1, -0.05) is 26.0 Å². The van der Waals surface area contributed by atoms with Crippen LogP contribution in [-0.2, 0) is 19.4 Å². The molecule has 90 valence electrons. The Morgan fingerprint density at radius 2 is 1.82 bits per heavy atom. The Kier molecular flexibility index (Phi) is 4.21. The molecule has 1 aromatic carbocycles. The number of thiophene rings is 1. The average Bonchev–Trinajstić information content (AvgIpc) is 2.84. The molecule has 0 fully saturated rings. The van der Waals surface area contributed by atoms with Gasteiger partial charge in [0.15, 0.2) is 0 Å². The van der Waals surface area contributed by atoms with Gasteiger partial charge >= 0.3 is 0 Å². The van der Waals surface area contributed by atoms with Crippen LogP contribution in [0.2, 0.25) is 0 Å². The largest absolute Gasteiger partial charge is 0.488 e. The van der Waals surface area contributed by atoms with E-state index < -0.39 is 0 Å². The first-order valence-electron chi connectivity index (χ1n) is 6.11. The molecule has 0 saturated carbocycles. The molecule has 0 spiro atoms. The number of hydrogen-bond acceptors (Lipinski definition) is 2. The summed E-state index contributed by atoms with van der Waals surface area (Å²) in [7, 11) is 0. The highest BCUT2D eigenvalue weighted by atomic mass is 32.1. The van der Waals surface area contributed by atoms with Crippen LogP contribution in [0.5, 0.6) is 5.75 Å². The second-order valence-corrected chi connectivity index (χ2v) is 5.26. The first kappa shape index (κ1) is 12.2. The Hall–Kier alpha value is -1.28. The molecule has 2 heteroatoms. The molecule has 1 heterocycles. The van der Waals surface area contributed by atoms with Crippen molar-refractivity contribution in [1.82, 2.24) is 0 Å². The van der Waals surface area contributed by atoms with E-state index >= 15 is 0 Å². The summed E-state index contributed by atoms with van der Waals surface area (Å²) < 4.78 is 5.80. The van der Waals surface area contributed by atoms with Gasteiger partial charge in [0.25, 0.3) is 0 Å². The van der Waals surface area contributed by atoms with Crippen molar-refractivity contribution < 1.29 is 4.74 Å². The molecule has 2 aromatic rings. The highest BCUT2D eigenvalue weighted by Gasteiger charge is 2.00. The topological polar surface area (TPSA) is 9.23 Å². The second-order valence-electron chi connectivity index (χ2n) is 4.01. The van der Waals surface area contributed by atoms with Crippen molar-refractivity contribution in [2.24, 2.45) is 0 Å². The lowest BCUT2D eigenvalue weighted by molar-refractivity contribution is 0.309. The number of hydrogen-bond donors (Lipinski definition) is 0. The summed E-state index contributed by atoms with van der Waals surface area (Å²) in [6.45, 7) is 5.02. The molecule has 0 saturated heterocycles. The first-order valence-corrected chi connectivity index (χ1v) is 6.92. The van der Waals surface area contributed by atoms with Gasteiger partial charge in [-0.2, -0.15) is 0 Å². The molecular formula is C15H18OS. The molecule has 2 rings (SSSR count). The van der Waals surface area contributed by atoms with Gasteiger partial charge in [-0.15, -0.1) is 11.3 Å². The second kappa shape index (κ2) is 5.87. The lowest BCUT2D eigenvalue weighted by atomic mass is 10.2. The van der Waals surface area contributed by atoms with Gasteiger partial charge in [-0.05, 0) is 42.7 Å². The zero-order valence-electron chi connectivity index (χ0n) is 10.4. The van der Waals surface area contributed by atoms with E-state index in [9.17, 15) is 0 Å². The van der Waals surface area contributed by atoms with E-state index in [1.807, 2.05) is 17.4 Å². The maximum atomic E-state index is 5.80. The van der Waals surface area contributed by atoms with Crippen LogP contribution in [0, 0.1) is 0 Å². The van der Waals surface area contributed by atoms with Crippen LogP contribution < -0.4 is 4.74 Å². The molecule has 1 aromatic heterocycles. The Bertz CT molecular complexity index is 473. The Morgan fingerprint density at radius 1 is 1.00 bits per heavy atom. The van der Waals surface area contributed by atoms with Crippen molar-refractivity contribution >= 4 is 11.3 Å². The molecule has 0 unspecified atom stereocenters. The van der Waals surface area contributed by atoms with E-state index in [1.165, 1.54) is 15.3 Å². The summed E-state index contributed by atoms with van der Waals surface area (Å²) >= 11 is 1.84. The molecule has 0 aliphatic rings. The first-order chi connectivity index (χ1) is 8.31. The third-order valence-corrected chi connectivity index (χ3v) is 3.96. The number of aryl methyl sites for hydroxylation is 2. The van der Waals surface area contributed by atoms with Crippen molar-refractivity contribution in [3.05, 3.63) is 51.7 Å². The fraction of sp³-hybridized carbons (Fsp3) is 0.333. The van der Waals surface area contributed by atoms with E-state index in [2.05, 4.69) is 44.2 Å². The van der Waals surface area contributed by atoms with Crippen molar-refractivity contribution in [2.75, 3.05) is 0 Å². The molecule has 17 heavy (non-hydrogen) atoms. The van der Waals surface area contributed by atoms with Crippen molar-refractivity contribution in [3.63, 3.8) is 0 Å². The Balaban J connectivity index is 1.96. The van der Waals surface area contributed by atoms with Crippen LogP contribution in [0.15, 0.2) is 36.4 Å². The molecule has 0 amide bonds. The minimum absolute atomic E-state index is 0.678. The van der Waals surface area contributed by atoms with Crippen molar-refractivity contribution in [1.29, 1.82) is 0 Å². The predicted molar refractivity (Wildman–Crippen MR) is 73.8 cm³/mol. The standard InChI is InChI=1S/C15H18OS/c1-3-12-6-5-7-13(10-12)16-11-15-9-8-14(4-2)17-15/h5-10H,3-4,11H2,1-2H3. The van der Waals surface area contributed by atoms with Crippen LogP contribution in [0.4, 0.5) is 0 Å². The van der Waals surface area contributed by atoms with Crippen LogP contribution >= 0.6 is 11.3 Å². The van der Waals surface area contributed by atoms with E-state index in [4.69, 9.17) is 4.74 Å². The normalized spacial score (nSPS) is 10.5. The van der Waals surface area contributed by atoms with Gasteiger partial charge in [0.2, 0.25) is 0 Å².